The zero-order valence-corrected chi connectivity index (χ0v) is 14.7. The third-order valence-corrected chi connectivity index (χ3v) is 4.34. The number of allylic oxidation sites excluding steroid dienone is 1. The van der Waals surface area contributed by atoms with Crippen LogP contribution in [0.5, 0.6) is 0 Å². The molecular weight excluding hydrogens is 337 g/mol. The number of nitrogens with one attached hydrogen (secondary N) is 3. The first-order valence-corrected chi connectivity index (χ1v) is 8.28. The first-order chi connectivity index (χ1) is 12.0. The van der Waals surface area contributed by atoms with Crippen molar-refractivity contribution in [3.63, 3.8) is 0 Å². The second-order valence-electron chi connectivity index (χ2n) is 5.86. The maximum Gasteiger partial charge on any atom is 0.255 e. The van der Waals surface area contributed by atoms with Gasteiger partial charge in [-0.25, -0.2) is 4.39 Å². The lowest BCUT2D eigenvalue weighted by Crippen LogP contribution is -2.46. The van der Waals surface area contributed by atoms with Gasteiger partial charge in [0, 0.05) is 16.9 Å². The van der Waals surface area contributed by atoms with Crippen molar-refractivity contribution in [3.8, 4) is 0 Å². The Balaban J connectivity index is 1.99. The highest BCUT2D eigenvalue weighted by Gasteiger charge is 2.31. The number of para-hydroxylation sites is 1. The minimum Gasteiger partial charge on any atom is -0.351 e. The van der Waals surface area contributed by atoms with E-state index in [9.17, 15) is 9.18 Å². The van der Waals surface area contributed by atoms with Crippen molar-refractivity contribution < 1.29 is 9.18 Å². The summed E-state index contributed by atoms with van der Waals surface area (Å²) >= 11 is 5.18. The van der Waals surface area contributed by atoms with Crippen molar-refractivity contribution >= 4 is 28.9 Å². The van der Waals surface area contributed by atoms with E-state index in [0.29, 0.717) is 27.6 Å². The molecule has 3 N–H and O–H groups in total. The summed E-state index contributed by atoms with van der Waals surface area (Å²) in [6.45, 7) is 3.67. The minimum absolute atomic E-state index is 0.303. The molecule has 0 aromatic heterocycles. The molecule has 128 valence electrons. The number of carbonyl (C=O) groups excluding carboxylic acids is 1. The summed E-state index contributed by atoms with van der Waals surface area (Å²) in [6, 6.07) is 13.2. The number of carbonyl (C=O) groups is 1. The summed E-state index contributed by atoms with van der Waals surface area (Å²) in [4.78, 5) is 12.9. The fraction of sp³-hybridized carbons (Fsp3) is 0.158. The Morgan fingerprint density at radius 2 is 1.80 bits per heavy atom. The van der Waals surface area contributed by atoms with Gasteiger partial charge in [0.15, 0.2) is 5.11 Å². The molecule has 1 heterocycles. The van der Waals surface area contributed by atoms with Crippen LogP contribution < -0.4 is 16.0 Å². The summed E-state index contributed by atoms with van der Waals surface area (Å²) in [5.41, 5.74) is 3.04. The van der Waals surface area contributed by atoms with Crippen molar-refractivity contribution in [2.45, 2.75) is 19.9 Å². The number of amides is 1. The van der Waals surface area contributed by atoms with Gasteiger partial charge in [0.1, 0.15) is 5.82 Å². The van der Waals surface area contributed by atoms with Gasteiger partial charge in [-0.3, -0.25) is 4.79 Å². The molecule has 0 saturated carbocycles. The quantitative estimate of drug-likeness (QED) is 0.737. The first-order valence-electron chi connectivity index (χ1n) is 7.87. The minimum atomic E-state index is -0.654. The largest absolute Gasteiger partial charge is 0.351 e. The zero-order valence-electron chi connectivity index (χ0n) is 13.9. The van der Waals surface area contributed by atoms with Crippen LogP contribution >= 0.6 is 12.2 Å². The van der Waals surface area contributed by atoms with Crippen molar-refractivity contribution in [1.82, 2.24) is 10.6 Å². The van der Waals surface area contributed by atoms with Gasteiger partial charge in [0.05, 0.1) is 11.6 Å². The van der Waals surface area contributed by atoms with Crippen LogP contribution in [-0.4, -0.2) is 11.0 Å². The predicted octanol–water partition coefficient (Wildman–Crippen LogP) is 3.57. The van der Waals surface area contributed by atoms with E-state index in [-0.39, 0.29) is 5.91 Å². The van der Waals surface area contributed by atoms with Gasteiger partial charge in [0.25, 0.3) is 5.91 Å². The fourth-order valence-electron chi connectivity index (χ4n) is 2.84. The van der Waals surface area contributed by atoms with E-state index in [1.54, 1.807) is 25.1 Å². The molecule has 6 heteroatoms. The highest BCUT2D eigenvalue weighted by atomic mass is 32.1. The molecule has 2 aromatic rings. The van der Waals surface area contributed by atoms with E-state index in [4.69, 9.17) is 12.2 Å². The number of benzene rings is 2. The van der Waals surface area contributed by atoms with Gasteiger partial charge in [-0.05, 0) is 43.8 Å². The summed E-state index contributed by atoms with van der Waals surface area (Å²) in [7, 11) is 0. The van der Waals surface area contributed by atoms with Gasteiger partial charge >= 0.3 is 0 Å². The maximum absolute atomic E-state index is 14.3. The molecular formula is C19H18FN3OS. The van der Waals surface area contributed by atoms with Crippen LogP contribution in [-0.2, 0) is 4.79 Å². The highest BCUT2D eigenvalue weighted by Crippen LogP contribution is 2.29. The van der Waals surface area contributed by atoms with E-state index in [1.807, 2.05) is 31.2 Å². The van der Waals surface area contributed by atoms with Crippen molar-refractivity contribution in [2.24, 2.45) is 0 Å². The van der Waals surface area contributed by atoms with E-state index in [1.165, 1.54) is 6.07 Å². The summed E-state index contributed by atoms with van der Waals surface area (Å²) in [6.07, 6.45) is 0. The van der Waals surface area contributed by atoms with Crippen molar-refractivity contribution in [3.05, 3.63) is 76.7 Å². The lowest BCUT2D eigenvalue weighted by atomic mass is 9.94. The number of rotatable bonds is 3. The molecule has 0 unspecified atom stereocenters. The highest BCUT2D eigenvalue weighted by molar-refractivity contribution is 7.80. The molecule has 1 atom stereocenters. The normalized spacial score (nSPS) is 16.9. The van der Waals surface area contributed by atoms with Gasteiger partial charge in [-0.15, -0.1) is 0 Å². The Hall–Kier alpha value is -2.73. The molecule has 0 saturated heterocycles. The third kappa shape index (κ3) is 3.53. The molecule has 0 aliphatic carbocycles. The Bertz CT molecular complexity index is 878. The van der Waals surface area contributed by atoms with Crippen LogP contribution in [0.4, 0.5) is 10.1 Å². The summed E-state index contributed by atoms with van der Waals surface area (Å²) in [5.74, 6) is -0.693. The number of thiocarbonyl (C=S) groups is 1. The average Bonchev–Trinajstić information content (AvgIpc) is 2.56. The van der Waals surface area contributed by atoms with E-state index >= 15 is 0 Å². The topological polar surface area (TPSA) is 53.2 Å². The smallest absolute Gasteiger partial charge is 0.255 e. The van der Waals surface area contributed by atoms with Gasteiger partial charge in [-0.2, -0.15) is 0 Å². The lowest BCUT2D eigenvalue weighted by Gasteiger charge is -2.30. The Morgan fingerprint density at radius 1 is 1.12 bits per heavy atom. The third-order valence-electron chi connectivity index (χ3n) is 4.12. The predicted molar refractivity (Wildman–Crippen MR) is 101 cm³/mol. The monoisotopic (exact) mass is 355 g/mol. The molecule has 0 spiro atoms. The van der Waals surface area contributed by atoms with Gasteiger partial charge in [-0.1, -0.05) is 36.4 Å². The first kappa shape index (κ1) is 17.1. The van der Waals surface area contributed by atoms with E-state index in [0.717, 1.165) is 5.56 Å². The second-order valence-corrected chi connectivity index (χ2v) is 6.27. The number of hydrogen-bond donors (Lipinski definition) is 3. The Labute approximate surface area is 151 Å². The molecule has 2 aromatic carbocycles. The molecule has 1 amide bonds. The average molecular weight is 355 g/mol. The molecule has 0 fully saturated rings. The number of aryl methyl sites for hydroxylation is 1. The number of anilines is 1. The molecule has 4 nitrogen and oxygen atoms in total. The summed E-state index contributed by atoms with van der Waals surface area (Å²) < 4.78 is 14.3. The fourth-order valence-corrected chi connectivity index (χ4v) is 3.11. The van der Waals surface area contributed by atoms with Crippen LogP contribution in [0.3, 0.4) is 0 Å². The number of hydrogen-bond acceptors (Lipinski definition) is 2. The SMILES string of the molecule is CC1=C(C(=O)Nc2ccccc2C)[C@H](c2ccccc2F)NC(=S)N1. The molecule has 1 aliphatic rings. The van der Waals surface area contributed by atoms with Gasteiger partial charge < -0.3 is 16.0 Å². The van der Waals surface area contributed by atoms with Crippen LogP contribution in [0.25, 0.3) is 0 Å². The Morgan fingerprint density at radius 3 is 2.52 bits per heavy atom. The van der Waals surface area contributed by atoms with Crippen LogP contribution in [0.1, 0.15) is 24.1 Å². The van der Waals surface area contributed by atoms with E-state index in [2.05, 4.69) is 16.0 Å². The molecule has 0 radical (unpaired) electrons. The lowest BCUT2D eigenvalue weighted by molar-refractivity contribution is -0.113. The van der Waals surface area contributed by atoms with Crippen LogP contribution in [0, 0.1) is 12.7 Å². The standard InChI is InChI=1S/C19H18FN3OS/c1-11-7-3-6-10-15(11)22-18(24)16-12(2)21-19(25)23-17(16)13-8-4-5-9-14(13)20/h3-10,17H,1-2H3,(H,22,24)(H2,21,23,25)/t17-/m0/s1. The van der Waals surface area contributed by atoms with Gasteiger partial charge in [0.2, 0.25) is 0 Å². The molecule has 1 aliphatic heterocycles. The maximum atomic E-state index is 14.3. The summed E-state index contributed by atoms with van der Waals surface area (Å²) in [5, 5.41) is 9.20. The molecule has 0 bridgehead atoms. The second kappa shape index (κ2) is 7.03. The van der Waals surface area contributed by atoms with Crippen LogP contribution in [0.15, 0.2) is 59.8 Å². The molecule has 25 heavy (non-hydrogen) atoms. The molecule has 3 rings (SSSR count). The zero-order chi connectivity index (χ0) is 18.0. The van der Waals surface area contributed by atoms with Crippen molar-refractivity contribution in [2.75, 3.05) is 5.32 Å². The number of halogens is 1. The van der Waals surface area contributed by atoms with E-state index < -0.39 is 11.9 Å². The van der Waals surface area contributed by atoms with Crippen molar-refractivity contribution in [1.29, 1.82) is 0 Å². The van der Waals surface area contributed by atoms with Crippen LogP contribution in [0.2, 0.25) is 0 Å². The Kier molecular flexibility index (Phi) is 4.81.